The molecular formula is C14H22N2O3. The van der Waals surface area contributed by atoms with Crippen LogP contribution >= 0.6 is 0 Å². The van der Waals surface area contributed by atoms with Crippen LogP contribution in [0, 0.1) is 0 Å². The zero-order valence-corrected chi connectivity index (χ0v) is 11.6. The van der Waals surface area contributed by atoms with Gasteiger partial charge < -0.3 is 19.9 Å². The summed E-state index contributed by atoms with van der Waals surface area (Å²) in [6, 6.07) is 5.55. The zero-order chi connectivity index (χ0) is 13.7. The minimum Gasteiger partial charge on any atom is -0.504 e. The molecule has 5 heteroatoms. The van der Waals surface area contributed by atoms with Gasteiger partial charge in [0.05, 0.1) is 19.8 Å². The number of likely N-dealkylation sites (N-methyl/N-ethyl adjacent to an activating group) is 1. The highest BCUT2D eigenvalue weighted by Crippen LogP contribution is 2.26. The third-order valence-electron chi connectivity index (χ3n) is 3.30. The van der Waals surface area contributed by atoms with Gasteiger partial charge in [0, 0.05) is 26.2 Å². The Labute approximate surface area is 114 Å². The molecule has 1 aromatic rings. The first-order valence-corrected chi connectivity index (χ1v) is 6.57. The van der Waals surface area contributed by atoms with Crippen molar-refractivity contribution in [1.82, 2.24) is 10.2 Å². The van der Waals surface area contributed by atoms with Gasteiger partial charge in [-0.15, -0.1) is 0 Å². The van der Waals surface area contributed by atoms with E-state index in [1.54, 1.807) is 19.2 Å². The van der Waals surface area contributed by atoms with Crippen LogP contribution in [0.4, 0.5) is 0 Å². The van der Waals surface area contributed by atoms with E-state index in [0.29, 0.717) is 5.75 Å². The molecule has 1 atom stereocenters. The molecule has 0 amide bonds. The minimum atomic E-state index is 0.194. The zero-order valence-electron chi connectivity index (χ0n) is 11.6. The van der Waals surface area contributed by atoms with Crippen LogP contribution in [0.1, 0.15) is 5.56 Å². The quantitative estimate of drug-likeness (QED) is 0.826. The van der Waals surface area contributed by atoms with Crippen LogP contribution < -0.4 is 10.1 Å². The van der Waals surface area contributed by atoms with Crippen molar-refractivity contribution in [3.05, 3.63) is 23.8 Å². The third-order valence-corrected chi connectivity index (χ3v) is 3.30. The van der Waals surface area contributed by atoms with Gasteiger partial charge in [-0.05, 0) is 24.7 Å². The highest BCUT2D eigenvalue weighted by molar-refractivity contribution is 5.41. The summed E-state index contributed by atoms with van der Waals surface area (Å²) in [5.74, 6) is 0.707. The Hall–Kier alpha value is -1.30. The Bertz CT molecular complexity index is 410. The molecule has 1 unspecified atom stereocenters. The predicted molar refractivity (Wildman–Crippen MR) is 73.6 cm³/mol. The number of hydrogen-bond donors (Lipinski definition) is 2. The number of nitrogens with one attached hydrogen (secondary N) is 1. The fourth-order valence-corrected chi connectivity index (χ4v) is 2.37. The highest BCUT2D eigenvalue weighted by atomic mass is 16.5. The first-order chi connectivity index (χ1) is 9.22. The fourth-order valence-electron chi connectivity index (χ4n) is 2.37. The number of benzene rings is 1. The number of hydrogen-bond acceptors (Lipinski definition) is 5. The summed E-state index contributed by atoms with van der Waals surface area (Å²) >= 11 is 0. The topological polar surface area (TPSA) is 54.0 Å². The van der Waals surface area contributed by atoms with E-state index in [4.69, 9.17) is 9.47 Å². The lowest BCUT2D eigenvalue weighted by molar-refractivity contribution is -0.0291. The van der Waals surface area contributed by atoms with Crippen molar-refractivity contribution < 1.29 is 14.6 Å². The Morgan fingerprint density at radius 3 is 3.05 bits per heavy atom. The summed E-state index contributed by atoms with van der Waals surface area (Å²) in [6.45, 7) is 4.28. The summed E-state index contributed by atoms with van der Waals surface area (Å²) in [6.07, 6.45) is 0.241. The van der Waals surface area contributed by atoms with Gasteiger partial charge in [0.25, 0.3) is 0 Å². The lowest BCUT2D eigenvalue weighted by Gasteiger charge is -2.32. The molecule has 1 fully saturated rings. The second kappa shape index (κ2) is 6.75. The number of aromatic hydroxyl groups is 1. The van der Waals surface area contributed by atoms with E-state index in [1.807, 2.05) is 13.1 Å². The standard InChI is InChI=1S/C14H22N2O3/c1-15-8-12-10-16(5-6-19-12)9-11-3-4-14(18-2)13(17)7-11/h3-4,7,12,15,17H,5-6,8-10H2,1-2H3. The summed E-state index contributed by atoms with van der Waals surface area (Å²) < 4.78 is 10.7. The Morgan fingerprint density at radius 1 is 1.53 bits per heavy atom. The van der Waals surface area contributed by atoms with Gasteiger partial charge in [0.2, 0.25) is 0 Å². The molecule has 0 spiro atoms. The maximum atomic E-state index is 9.78. The molecule has 1 aromatic carbocycles. The van der Waals surface area contributed by atoms with Gasteiger partial charge >= 0.3 is 0 Å². The van der Waals surface area contributed by atoms with E-state index in [2.05, 4.69) is 10.2 Å². The molecule has 1 aliphatic rings. The first kappa shape index (κ1) is 14.1. The van der Waals surface area contributed by atoms with Crippen LogP contribution in [-0.2, 0) is 11.3 Å². The third kappa shape index (κ3) is 3.83. The summed E-state index contributed by atoms with van der Waals surface area (Å²) in [5, 5.41) is 12.9. The molecule has 0 bridgehead atoms. The molecule has 1 heterocycles. The maximum absolute atomic E-state index is 9.78. The molecule has 0 aromatic heterocycles. The van der Waals surface area contributed by atoms with Crippen molar-refractivity contribution >= 4 is 0 Å². The summed E-state index contributed by atoms with van der Waals surface area (Å²) in [4.78, 5) is 2.34. The lowest BCUT2D eigenvalue weighted by atomic mass is 10.1. The van der Waals surface area contributed by atoms with E-state index in [1.165, 1.54) is 0 Å². The molecule has 19 heavy (non-hydrogen) atoms. The number of rotatable bonds is 5. The molecule has 1 saturated heterocycles. The van der Waals surface area contributed by atoms with Crippen LogP contribution in [0.25, 0.3) is 0 Å². The monoisotopic (exact) mass is 266 g/mol. The van der Waals surface area contributed by atoms with Crippen molar-refractivity contribution in [2.45, 2.75) is 12.6 Å². The molecular weight excluding hydrogens is 244 g/mol. The van der Waals surface area contributed by atoms with E-state index in [0.717, 1.165) is 38.3 Å². The second-order valence-electron chi connectivity index (χ2n) is 4.79. The van der Waals surface area contributed by atoms with Gasteiger partial charge in [-0.25, -0.2) is 0 Å². The number of methoxy groups -OCH3 is 1. The van der Waals surface area contributed by atoms with Crippen molar-refractivity contribution in [3.63, 3.8) is 0 Å². The van der Waals surface area contributed by atoms with Gasteiger partial charge in [-0.3, -0.25) is 4.90 Å². The van der Waals surface area contributed by atoms with Crippen LogP contribution in [0.3, 0.4) is 0 Å². The predicted octanol–water partition coefficient (Wildman–Crippen LogP) is 0.821. The summed E-state index contributed by atoms with van der Waals surface area (Å²) in [7, 11) is 3.49. The average Bonchev–Trinajstić information content (AvgIpc) is 2.40. The first-order valence-electron chi connectivity index (χ1n) is 6.57. The Balaban J connectivity index is 1.94. The normalized spacial score (nSPS) is 20.4. The average molecular weight is 266 g/mol. The summed E-state index contributed by atoms with van der Waals surface area (Å²) in [5.41, 5.74) is 1.09. The second-order valence-corrected chi connectivity index (χ2v) is 4.79. The minimum absolute atomic E-state index is 0.194. The molecule has 1 aliphatic heterocycles. The van der Waals surface area contributed by atoms with Crippen LogP contribution in [0.5, 0.6) is 11.5 Å². The van der Waals surface area contributed by atoms with Crippen molar-refractivity contribution in [1.29, 1.82) is 0 Å². The maximum Gasteiger partial charge on any atom is 0.160 e. The van der Waals surface area contributed by atoms with Gasteiger partial charge in [-0.2, -0.15) is 0 Å². The SMILES string of the molecule is CNCC1CN(Cc2ccc(OC)c(O)c2)CCO1. The van der Waals surface area contributed by atoms with E-state index in [-0.39, 0.29) is 11.9 Å². The molecule has 2 N–H and O–H groups in total. The van der Waals surface area contributed by atoms with Gasteiger partial charge in [0.15, 0.2) is 11.5 Å². The largest absolute Gasteiger partial charge is 0.504 e. The van der Waals surface area contributed by atoms with E-state index >= 15 is 0 Å². The van der Waals surface area contributed by atoms with Gasteiger partial charge in [0.1, 0.15) is 0 Å². The lowest BCUT2D eigenvalue weighted by Crippen LogP contribution is -2.45. The highest BCUT2D eigenvalue weighted by Gasteiger charge is 2.20. The molecule has 0 radical (unpaired) electrons. The van der Waals surface area contributed by atoms with Crippen LogP contribution in [0.15, 0.2) is 18.2 Å². The van der Waals surface area contributed by atoms with E-state index < -0.39 is 0 Å². The molecule has 106 valence electrons. The van der Waals surface area contributed by atoms with Crippen molar-refractivity contribution in [2.75, 3.05) is 40.4 Å². The molecule has 2 rings (SSSR count). The van der Waals surface area contributed by atoms with Crippen LogP contribution in [-0.4, -0.2) is 56.5 Å². The Kier molecular flexibility index (Phi) is 5.01. The number of ether oxygens (including phenoxy) is 2. The van der Waals surface area contributed by atoms with Gasteiger partial charge in [-0.1, -0.05) is 6.07 Å². The van der Waals surface area contributed by atoms with Crippen molar-refractivity contribution in [3.8, 4) is 11.5 Å². The number of phenolic OH excluding ortho intramolecular Hbond substituents is 1. The molecule has 0 saturated carbocycles. The number of nitrogens with zero attached hydrogens (tertiary/aromatic N) is 1. The molecule has 0 aliphatic carbocycles. The van der Waals surface area contributed by atoms with Crippen molar-refractivity contribution in [2.24, 2.45) is 0 Å². The number of morpholine rings is 1. The fraction of sp³-hybridized carbons (Fsp3) is 0.571. The van der Waals surface area contributed by atoms with Crippen LogP contribution in [0.2, 0.25) is 0 Å². The van der Waals surface area contributed by atoms with E-state index in [9.17, 15) is 5.11 Å². The smallest absolute Gasteiger partial charge is 0.160 e. The Morgan fingerprint density at radius 2 is 2.37 bits per heavy atom. The number of phenols is 1. The molecule has 5 nitrogen and oxygen atoms in total.